The van der Waals surface area contributed by atoms with Crippen LogP contribution in [0.3, 0.4) is 0 Å². The van der Waals surface area contributed by atoms with Gasteiger partial charge in [0.1, 0.15) is 10.6 Å². The highest BCUT2D eigenvalue weighted by Gasteiger charge is 2.49. The fourth-order valence-electron chi connectivity index (χ4n) is 4.79. The lowest BCUT2D eigenvalue weighted by atomic mass is 9.83. The predicted octanol–water partition coefficient (Wildman–Crippen LogP) is 2.71. The molecular weight excluding hydrogens is 412 g/mol. The van der Waals surface area contributed by atoms with Crippen LogP contribution in [0, 0.1) is 6.92 Å². The molecule has 3 aromatic rings. The molecule has 2 fully saturated rings. The molecule has 10 heteroatoms. The third kappa shape index (κ3) is 4.02. The Hall–Kier alpha value is -2.56. The van der Waals surface area contributed by atoms with E-state index < -0.39 is 5.54 Å². The molecule has 0 saturated carbocycles. The summed E-state index contributed by atoms with van der Waals surface area (Å²) < 4.78 is 0. The first-order valence-electron chi connectivity index (χ1n) is 10.9. The molecule has 2 saturated heterocycles. The summed E-state index contributed by atoms with van der Waals surface area (Å²) in [5.74, 6) is 2.30. The number of aromatic nitrogens is 4. The highest BCUT2D eigenvalue weighted by Crippen LogP contribution is 2.38. The number of thiophene rings is 1. The number of hydrogen-bond donors (Lipinski definition) is 5. The fourth-order valence-corrected chi connectivity index (χ4v) is 5.56. The van der Waals surface area contributed by atoms with Gasteiger partial charge in [0.2, 0.25) is 5.95 Å². The van der Waals surface area contributed by atoms with Gasteiger partial charge in [-0.25, -0.2) is 4.98 Å². The molecule has 9 nitrogen and oxygen atoms in total. The van der Waals surface area contributed by atoms with Crippen LogP contribution in [-0.4, -0.2) is 56.7 Å². The van der Waals surface area contributed by atoms with Crippen LogP contribution in [0.2, 0.25) is 0 Å². The molecule has 5 N–H and O–H groups in total. The predicted molar refractivity (Wildman–Crippen MR) is 123 cm³/mol. The molecule has 3 atom stereocenters. The van der Waals surface area contributed by atoms with E-state index in [2.05, 4.69) is 31.5 Å². The number of aromatic amines is 1. The summed E-state index contributed by atoms with van der Waals surface area (Å²) in [6.45, 7) is 5.20. The van der Waals surface area contributed by atoms with Crippen molar-refractivity contribution in [2.45, 2.75) is 57.2 Å². The standard InChI is InChI=1S/C21H28N8OS/c1-3-22-11-16(30)21-6-4-13(27-21)9-14(10-21)23-20-25-18(15-5-7-31-19(15)26-20)24-17-8-12(2)28-29-17/h5,7-8,13-14,22,27H,3-4,6,9-11H2,1-2H3,(H3,23,24,25,26,28,29). The van der Waals surface area contributed by atoms with Gasteiger partial charge in [-0.2, -0.15) is 10.1 Å². The zero-order chi connectivity index (χ0) is 21.4. The van der Waals surface area contributed by atoms with Gasteiger partial charge in [0.25, 0.3) is 0 Å². The Labute approximate surface area is 184 Å². The van der Waals surface area contributed by atoms with Crippen molar-refractivity contribution in [3.05, 3.63) is 23.2 Å². The summed E-state index contributed by atoms with van der Waals surface area (Å²) >= 11 is 1.59. The number of Topliss-reactive ketones (excluding diaryl/α,β-unsaturated/α-hetero) is 1. The zero-order valence-corrected chi connectivity index (χ0v) is 18.6. The van der Waals surface area contributed by atoms with Gasteiger partial charge in [-0.3, -0.25) is 9.89 Å². The van der Waals surface area contributed by atoms with Gasteiger partial charge in [-0.1, -0.05) is 6.92 Å². The SMILES string of the molecule is CCNCC(=O)C12CCC(CC(Nc3nc(Nc4cc(C)[nH]n4)c4ccsc4n3)C1)N2. The lowest BCUT2D eigenvalue weighted by molar-refractivity contribution is -0.125. The van der Waals surface area contributed by atoms with Gasteiger partial charge in [0.15, 0.2) is 11.6 Å². The molecule has 2 aliphatic rings. The Balaban J connectivity index is 1.37. The van der Waals surface area contributed by atoms with E-state index in [-0.39, 0.29) is 11.8 Å². The van der Waals surface area contributed by atoms with E-state index in [0.717, 1.165) is 59.8 Å². The summed E-state index contributed by atoms with van der Waals surface area (Å²) in [5.41, 5.74) is 0.540. The second-order valence-electron chi connectivity index (χ2n) is 8.54. The van der Waals surface area contributed by atoms with Crippen LogP contribution >= 0.6 is 11.3 Å². The van der Waals surface area contributed by atoms with Crippen molar-refractivity contribution in [3.8, 4) is 0 Å². The molecule has 164 valence electrons. The normalized spacial score (nSPS) is 25.1. The molecule has 0 spiro atoms. The second kappa shape index (κ2) is 8.18. The average molecular weight is 441 g/mol. The zero-order valence-electron chi connectivity index (χ0n) is 17.8. The number of carbonyl (C=O) groups excluding carboxylic acids is 1. The smallest absolute Gasteiger partial charge is 0.226 e. The number of aryl methyl sites for hydroxylation is 1. The van der Waals surface area contributed by atoms with E-state index in [9.17, 15) is 4.79 Å². The molecule has 0 aliphatic carbocycles. The Bertz CT molecular complexity index is 1090. The van der Waals surface area contributed by atoms with E-state index in [1.807, 2.05) is 31.4 Å². The third-order valence-corrected chi connectivity index (χ3v) is 7.05. The van der Waals surface area contributed by atoms with Crippen molar-refractivity contribution in [2.75, 3.05) is 23.7 Å². The minimum atomic E-state index is -0.441. The van der Waals surface area contributed by atoms with Gasteiger partial charge in [-0.15, -0.1) is 11.3 Å². The minimum Gasteiger partial charge on any atom is -0.351 e. The Morgan fingerprint density at radius 1 is 1.39 bits per heavy atom. The van der Waals surface area contributed by atoms with E-state index in [4.69, 9.17) is 9.97 Å². The molecule has 0 radical (unpaired) electrons. The van der Waals surface area contributed by atoms with Crippen LogP contribution < -0.4 is 21.3 Å². The van der Waals surface area contributed by atoms with E-state index in [1.54, 1.807) is 11.3 Å². The van der Waals surface area contributed by atoms with Crippen LogP contribution in [0.25, 0.3) is 10.2 Å². The molecule has 3 aromatic heterocycles. The van der Waals surface area contributed by atoms with Crippen molar-refractivity contribution < 1.29 is 4.79 Å². The monoisotopic (exact) mass is 440 g/mol. The van der Waals surface area contributed by atoms with Crippen molar-refractivity contribution >= 4 is 44.9 Å². The van der Waals surface area contributed by atoms with Crippen LogP contribution in [0.1, 0.15) is 38.3 Å². The number of carbonyl (C=O) groups is 1. The summed E-state index contributed by atoms with van der Waals surface area (Å²) in [4.78, 5) is 23.3. The second-order valence-corrected chi connectivity index (χ2v) is 9.44. The van der Waals surface area contributed by atoms with Crippen LogP contribution in [0.5, 0.6) is 0 Å². The number of piperidine rings is 1. The third-order valence-electron chi connectivity index (χ3n) is 6.24. The number of hydrogen-bond acceptors (Lipinski definition) is 9. The first-order valence-corrected chi connectivity index (χ1v) is 11.7. The van der Waals surface area contributed by atoms with Crippen LogP contribution in [0.15, 0.2) is 17.5 Å². The number of likely N-dealkylation sites (N-methyl/N-ethyl adjacent to an activating group) is 1. The van der Waals surface area contributed by atoms with E-state index in [1.165, 1.54) is 0 Å². The van der Waals surface area contributed by atoms with E-state index in [0.29, 0.717) is 18.5 Å². The maximum atomic E-state index is 12.9. The maximum absolute atomic E-state index is 12.9. The first kappa shape index (κ1) is 20.3. The molecule has 2 bridgehead atoms. The van der Waals surface area contributed by atoms with Crippen molar-refractivity contribution in [1.29, 1.82) is 0 Å². The molecule has 0 amide bonds. The number of nitrogens with zero attached hydrogens (tertiary/aromatic N) is 3. The summed E-state index contributed by atoms with van der Waals surface area (Å²) in [5, 5.41) is 23.8. The number of H-pyrrole nitrogens is 1. The van der Waals surface area contributed by atoms with E-state index >= 15 is 0 Å². The largest absolute Gasteiger partial charge is 0.351 e. The molecule has 5 rings (SSSR count). The first-order chi connectivity index (χ1) is 15.0. The maximum Gasteiger partial charge on any atom is 0.226 e. The number of fused-ring (bicyclic) bond motifs is 3. The van der Waals surface area contributed by atoms with Gasteiger partial charge in [-0.05, 0) is 50.6 Å². The number of anilines is 3. The van der Waals surface area contributed by atoms with Crippen LogP contribution in [0.4, 0.5) is 17.6 Å². The topological polar surface area (TPSA) is 120 Å². The molecular formula is C21H28N8OS. The Morgan fingerprint density at radius 3 is 3.10 bits per heavy atom. The lowest BCUT2D eigenvalue weighted by Gasteiger charge is -2.38. The fraction of sp³-hybridized carbons (Fsp3) is 0.524. The molecule has 2 aliphatic heterocycles. The Morgan fingerprint density at radius 2 is 2.29 bits per heavy atom. The number of rotatable bonds is 8. The highest BCUT2D eigenvalue weighted by molar-refractivity contribution is 7.16. The number of ketones is 1. The average Bonchev–Trinajstić information content (AvgIpc) is 3.46. The minimum absolute atomic E-state index is 0.150. The summed E-state index contributed by atoms with van der Waals surface area (Å²) in [7, 11) is 0. The van der Waals surface area contributed by atoms with Gasteiger partial charge in [0, 0.05) is 23.8 Å². The molecule has 3 unspecified atom stereocenters. The van der Waals surface area contributed by atoms with Crippen molar-refractivity contribution in [1.82, 2.24) is 30.8 Å². The lowest BCUT2D eigenvalue weighted by Crippen LogP contribution is -2.59. The molecule has 31 heavy (non-hydrogen) atoms. The van der Waals surface area contributed by atoms with Crippen molar-refractivity contribution in [3.63, 3.8) is 0 Å². The van der Waals surface area contributed by atoms with Crippen LogP contribution in [-0.2, 0) is 4.79 Å². The van der Waals surface area contributed by atoms with Gasteiger partial charge < -0.3 is 21.3 Å². The molecule has 0 aromatic carbocycles. The van der Waals surface area contributed by atoms with Crippen molar-refractivity contribution in [2.24, 2.45) is 0 Å². The van der Waals surface area contributed by atoms with Gasteiger partial charge in [0.05, 0.1) is 17.5 Å². The number of nitrogens with one attached hydrogen (secondary N) is 5. The molecule has 5 heterocycles. The Kier molecular flexibility index (Phi) is 5.37. The van der Waals surface area contributed by atoms with Gasteiger partial charge >= 0.3 is 0 Å². The highest BCUT2D eigenvalue weighted by atomic mass is 32.1. The summed E-state index contributed by atoms with van der Waals surface area (Å²) in [6, 6.07) is 4.46. The summed E-state index contributed by atoms with van der Waals surface area (Å²) in [6.07, 6.45) is 3.65. The quantitative estimate of drug-likeness (QED) is 0.363.